The number of hydrogen-bond acceptors (Lipinski definition) is 3. The second kappa shape index (κ2) is 7.18. The maximum Gasteiger partial charge on any atom is 0.261 e. The van der Waals surface area contributed by atoms with Crippen molar-refractivity contribution in [2.75, 3.05) is 11.9 Å². The molecule has 1 aromatic heterocycles. The smallest absolute Gasteiger partial charge is 0.261 e. The van der Waals surface area contributed by atoms with E-state index in [0.29, 0.717) is 4.88 Å². The number of aryl methyl sites for hydroxylation is 3. The first-order valence-electron chi connectivity index (χ1n) is 8.30. The third-order valence-electron chi connectivity index (χ3n) is 4.51. The van der Waals surface area contributed by atoms with Gasteiger partial charge in [0.25, 0.3) is 5.91 Å². The molecule has 0 fully saturated rings. The van der Waals surface area contributed by atoms with E-state index in [2.05, 4.69) is 10.6 Å². The van der Waals surface area contributed by atoms with E-state index in [0.717, 1.165) is 29.7 Å². The van der Waals surface area contributed by atoms with Gasteiger partial charge in [0.15, 0.2) is 0 Å². The summed E-state index contributed by atoms with van der Waals surface area (Å²) < 4.78 is 0. The lowest BCUT2D eigenvalue weighted by molar-refractivity contribution is -0.115. The van der Waals surface area contributed by atoms with Crippen LogP contribution in [0.3, 0.4) is 0 Å². The summed E-state index contributed by atoms with van der Waals surface area (Å²) in [5.74, 6) is -0.371. The molecule has 0 unspecified atom stereocenters. The van der Waals surface area contributed by atoms with Gasteiger partial charge in [-0.2, -0.15) is 0 Å². The molecule has 0 radical (unpaired) electrons. The van der Waals surface area contributed by atoms with E-state index >= 15 is 0 Å². The molecule has 2 amide bonds. The lowest BCUT2D eigenvalue weighted by Crippen LogP contribution is -2.32. The molecule has 2 aromatic rings. The van der Waals surface area contributed by atoms with Crippen LogP contribution in [0, 0.1) is 13.8 Å². The Hall–Kier alpha value is -2.14. The van der Waals surface area contributed by atoms with Gasteiger partial charge in [0.1, 0.15) is 0 Å². The number of fused-ring (bicyclic) bond motifs is 1. The van der Waals surface area contributed by atoms with Crippen LogP contribution in [0.5, 0.6) is 0 Å². The SMILES string of the molecule is Cc1cccc(NC(=O)CNC(=O)c2cc3c(s2)CCCC3)c1C. The zero-order valence-electron chi connectivity index (χ0n) is 14.1. The zero-order chi connectivity index (χ0) is 17.1. The van der Waals surface area contributed by atoms with Crippen molar-refractivity contribution in [3.63, 3.8) is 0 Å². The number of rotatable bonds is 4. The molecule has 0 saturated heterocycles. The first-order chi connectivity index (χ1) is 11.5. The molecule has 1 aromatic carbocycles. The molecule has 0 atom stereocenters. The number of amides is 2. The topological polar surface area (TPSA) is 58.2 Å². The van der Waals surface area contributed by atoms with Gasteiger partial charge in [-0.25, -0.2) is 0 Å². The van der Waals surface area contributed by atoms with Crippen molar-refractivity contribution < 1.29 is 9.59 Å². The molecule has 1 aliphatic rings. The zero-order valence-corrected chi connectivity index (χ0v) is 14.9. The maximum absolute atomic E-state index is 12.3. The highest BCUT2D eigenvalue weighted by atomic mass is 32.1. The number of hydrogen-bond donors (Lipinski definition) is 2. The summed E-state index contributed by atoms with van der Waals surface area (Å²) >= 11 is 1.56. The van der Waals surface area contributed by atoms with Crippen LogP contribution in [0.2, 0.25) is 0 Å². The Labute approximate surface area is 146 Å². The summed E-state index contributed by atoms with van der Waals surface area (Å²) in [6, 6.07) is 7.77. The molecule has 4 nitrogen and oxygen atoms in total. The Morgan fingerprint density at radius 2 is 1.96 bits per heavy atom. The maximum atomic E-state index is 12.3. The van der Waals surface area contributed by atoms with E-state index in [1.165, 1.54) is 23.3 Å². The Bertz CT molecular complexity index is 756. The molecule has 0 aliphatic heterocycles. The standard InChI is InChI=1S/C19H22N2O2S/c1-12-6-5-8-15(13(12)2)21-18(22)11-20-19(23)17-10-14-7-3-4-9-16(14)24-17/h5-6,8,10H,3-4,7,9,11H2,1-2H3,(H,20,23)(H,21,22). The molecule has 0 saturated carbocycles. The molecule has 5 heteroatoms. The van der Waals surface area contributed by atoms with E-state index in [1.54, 1.807) is 11.3 Å². The molecule has 24 heavy (non-hydrogen) atoms. The molecule has 126 valence electrons. The fourth-order valence-electron chi connectivity index (χ4n) is 2.93. The summed E-state index contributed by atoms with van der Waals surface area (Å²) in [5, 5.41) is 5.58. The monoisotopic (exact) mass is 342 g/mol. The Morgan fingerprint density at radius 3 is 2.75 bits per heavy atom. The molecule has 2 N–H and O–H groups in total. The summed E-state index contributed by atoms with van der Waals surface area (Å²) in [7, 11) is 0. The van der Waals surface area contributed by atoms with Gasteiger partial charge in [-0.15, -0.1) is 11.3 Å². The van der Waals surface area contributed by atoms with Crippen molar-refractivity contribution >= 4 is 28.8 Å². The van der Waals surface area contributed by atoms with Crippen molar-refractivity contribution in [1.82, 2.24) is 5.32 Å². The van der Waals surface area contributed by atoms with Crippen LogP contribution in [0.1, 0.15) is 44.1 Å². The van der Waals surface area contributed by atoms with Gasteiger partial charge in [-0.05, 0) is 68.4 Å². The highest BCUT2D eigenvalue weighted by Gasteiger charge is 2.17. The molecular weight excluding hydrogens is 320 g/mol. The number of nitrogens with one attached hydrogen (secondary N) is 2. The number of thiophene rings is 1. The van der Waals surface area contributed by atoms with Crippen LogP contribution >= 0.6 is 11.3 Å². The fraction of sp³-hybridized carbons (Fsp3) is 0.368. The van der Waals surface area contributed by atoms with E-state index < -0.39 is 0 Å². The highest BCUT2D eigenvalue weighted by molar-refractivity contribution is 7.14. The average molecular weight is 342 g/mol. The van der Waals surface area contributed by atoms with Crippen LogP contribution in [-0.4, -0.2) is 18.4 Å². The minimum Gasteiger partial charge on any atom is -0.342 e. The molecular formula is C19H22N2O2S. The highest BCUT2D eigenvalue weighted by Crippen LogP contribution is 2.29. The number of carbonyl (C=O) groups excluding carboxylic acids is 2. The summed E-state index contributed by atoms with van der Waals surface area (Å²) in [6.45, 7) is 3.96. The minimum absolute atomic E-state index is 0.0191. The van der Waals surface area contributed by atoms with Crippen LogP contribution in [-0.2, 0) is 17.6 Å². The molecule has 1 heterocycles. The molecule has 0 spiro atoms. The lowest BCUT2D eigenvalue weighted by atomic mass is 9.99. The molecule has 0 bridgehead atoms. The second-order valence-corrected chi connectivity index (χ2v) is 7.38. The number of anilines is 1. The van der Waals surface area contributed by atoms with E-state index in [4.69, 9.17) is 0 Å². The largest absolute Gasteiger partial charge is 0.342 e. The van der Waals surface area contributed by atoms with Gasteiger partial charge in [0, 0.05) is 10.6 Å². The van der Waals surface area contributed by atoms with Gasteiger partial charge in [-0.1, -0.05) is 12.1 Å². The Balaban J connectivity index is 1.57. The average Bonchev–Trinajstić information content (AvgIpc) is 3.01. The van der Waals surface area contributed by atoms with Crippen LogP contribution in [0.4, 0.5) is 5.69 Å². The lowest BCUT2D eigenvalue weighted by Gasteiger charge is -2.10. The molecule has 3 rings (SSSR count). The minimum atomic E-state index is -0.210. The Kier molecular flexibility index (Phi) is 5.00. The van der Waals surface area contributed by atoms with Gasteiger partial charge in [-0.3, -0.25) is 9.59 Å². The van der Waals surface area contributed by atoms with Crippen molar-refractivity contribution in [2.24, 2.45) is 0 Å². The normalized spacial score (nSPS) is 13.2. The van der Waals surface area contributed by atoms with E-state index in [-0.39, 0.29) is 18.4 Å². The predicted molar refractivity (Wildman–Crippen MR) is 97.8 cm³/mol. The third-order valence-corrected chi connectivity index (χ3v) is 5.74. The van der Waals surface area contributed by atoms with Gasteiger partial charge >= 0.3 is 0 Å². The van der Waals surface area contributed by atoms with Gasteiger partial charge < -0.3 is 10.6 Å². The van der Waals surface area contributed by atoms with E-state index in [1.807, 2.05) is 38.1 Å². The van der Waals surface area contributed by atoms with Crippen molar-refractivity contribution in [3.05, 3.63) is 50.7 Å². The quantitative estimate of drug-likeness (QED) is 0.892. The van der Waals surface area contributed by atoms with E-state index in [9.17, 15) is 9.59 Å². The third kappa shape index (κ3) is 3.67. The first kappa shape index (κ1) is 16.7. The summed E-state index contributed by atoms with van der Waals surface area (Å²) in [5.41, 5.74) is 4.26. The predicted octanol–water partition coefficient (Wildman–Crippen LogP) is 3.61. The number of carbonyl (C=O) groups is 2. The summed E-state index contributed by atoms with van der Waals surface area (Å²) in [6.07, 6.45) is 4.53. The van der Waals surface area contributed by atoms with Crippen LogP contribution in [0.25, 0.3) is 0 Å². The molecule has 1 aliphatic carbocycles. The number of benzene rings is 1. The van der Waals surface area contributed by atoms with Crippen molar-refractivity contribution in [2.45, 2.75) is 39.5 Å². The van der Waals surface area contributed by atoms with Crippen molar-refractivity contribution in [1.29, 1.82) is 0 Å². The second-order valence-electron chi connectivity index (χ2n) is 6.24. The fourth-order valence-corrected chi connectivity index (χ4v) is 4.10. The van der Waals surface area contributed by atoms with Crippen molar-refractivity contribution in [3.8, 4) is 0 Å². The van der Waals surface area contributed by atoms with Crippen LogP contribution < -0.4 is 10.6 Å². The van der Waals surface area contributed by atoms with Gasteiger partial charge in [0.2, 0.25) is 5.91 Å². The van der Waals surface area contributed by atoms with Gasteiger partial charge in [0.05, 0.1) is 11.4 Å². The van der Waals surface area contributed by atoms with Crippen LogP contribution in [0.15, 0.2) is 24.3 Å². The Morgan fingerprint density at radius 1 is 1.17 bits per heavy atom. The summed E-state index contributed by atoms with van der Waals surface area (Å²) in [4.78, 5) is 26.4. The first-order valence-corrected chi connectivity index (χ1v) is 9.12.